The first-order valence-corrected chi connectivity index (χ1v) is 8.07. The van der Waals surface area contributed by atoms with Crippen LogP contribution < -0.4 is 0 Å². The molecule has 0 N–H and O–H groups in total. The maximum Gasteiger partial charge on any atom is 0.289 e. The number of carbonyl (C=O) groups is 1. The summed E-state index contributed by atoms with van der Waals surface area (Å²) >= 11 is 6.02. The summed E-state index contributed by atoms with van der Waals surface area (Å²) in [4.78, 5) is 14.5. The number of amides is 1. The van der Waals surface area contributed by atoms with E-state index < -0.39 is 0 Å². The van der Waals surface area contributed by atoms with Gasteiger partial charge in [0.2, 0.25) is 0 Å². The van der Waals surface area contributed by atoms with E-state index in [-0.39, 0.29) is 12.0 Å². The first kappa shape index (κ1) is 15.4. The molecule has 1 aromatic carbocycles. The number of carbonyl (C=O) groups excluding carboxylic acids is 1. The number of rotatable bonds is 3. The lowest BCUT2D eigenvalue weighted by atomic mass is 10.1. The molecule has 3 rings (SSSR count). The second-order valence-electron chi connectivity index (χ2n) is 5.64. The van der Waals surface area contributed by atoms with Gasteiger partial charge in [-0.2, -0.15) is 0 Å². The minimum Gasteiger partial charge on any atom is -0.451 e. The van der Waals surface area contributed by atoms with Gasteiger partial charge in [0.15, 0.2) is 5.76 Å². The fourth-order valence-corrected chi connectivity index (χ4v) is 3.17. The Morgan fingerprint density at radius 2 is 2.14 bits per heavy atom. The summed E-state index contributed by atoms with van der Waals surface area (Å²) in [6.45, 7) is 6.05. The van der Waals surface area contributed by atoms with Crippen LogP contribution in [0, 0.1) is 6.92 Å². The van der Waals surface area contributed by atoms with Crippen LogP contribution in [0.1, 0.15) is 35.9 Å². The second-order valence-corrected chi connectivity index (χ2v) is 6.08. The van der Waals surface area contributed by atoms with Crippen LogP contribution in [-0.2, 0) is 4.74 Å². The number of piperidine rings is 1. The molecule has 1 aromatic heterocycles. The number of ether oxygens (including phenoxy) is 1. The van der Waals surface area contributed by atoms with Gasteiger partial charge in [-0.1, -0.05) is 11.6 Å². The number of likely N-dealkylation sites (tertiary alicyclic amines) is 1. The molecule has 1 aliphatic rings. The van der Waals surface area contributed by atoms with Crippen molar-refractivity contribution in [2.45, 2.75) is 32.8 Å². The third-order valence-corrected chi connectivity index (χ3v) is 4.46. The van der Waals surface area contributed by atoms with E-state index >= 15 is 0 Å². The molecule has 0 saturated carbocycles. The molecule has 1 fully saturated rings. The fraction of sp³-hybridized carbons (Fsp3) is 0.471. The Hall–Kier alpha value is -1.52. The Labute approximate surface area is 135 Å². The monoisotopic (exact) mass is 321 g/mol. The first-order chi connectivity index (χ1) is 10.6. The molecule has 22 heavy (non-hydrogen) atoms. The molecule has 0 unspecified atom stereocenters. The smallest absolute Gasteiger partial charge is 0.289 e. The standard InChI is InChI=1S/C17H20ClNO3/c1-3-21-13-6-8-19(9-7-13)17(20)16-11(2)14-10-12(18)4-5-15(14)22-16/h4-5,10,13H,3,6-9H2,1-2H3. The minimum atomic E-state index is -0.0419. The fourth-order valence-electron chi connectivity index (χ4n) is 3.00. The third-order valence-electron chi connectivity index (χ3n) is 4.22. The number of hydrogen-bond donors (Lipinski definition) is 0. The highest BCUT2D eigenvalue weighted by molar-refractivity contribution is 6.31. The molecule has 0 radical (unpaired) electrons. The van der Waals surface area contributed by atoms with Gasteiger partial charge in [-0.25, -0.2) is 0 Å². The minimum absolute atomic E-state index is 0.0419. The van der Waals surface area contributed by atoms with E-state index in [0.29, 0.717) is 29.5 Å². The number of furan rings is 1. The maximum atomic E-state index is 12.7. The van der Waals surface area contributed by atoms with Crippen molar-refractivity contribution in [3.8, 4) is 0 Å². The Morgan fingerprint density at radius 1 is 1.41 bits per heavy atom. The van der Waals surface area contributed by atoms with Crippen molar-refractivity contribution in [2.24, 2.45) is 0 Å². The van der Waals surface area contributed by atoms with Crippen LogP contribution in [0.15, 0.2) is 22.6 Å². The largest absolute Gasteiger partial charge is 0.451 e. The lowest BCUT2D eigenvalue weighted by molar-refractivity contribution is 0.0137. The summed E-state index contributed by atoms with van der Waals surface area (Å²) in [5.74, 6) is 0.381. The highest BCUT2D eigenvalue weighted by Gasteiger charge is 2.27. The number of fused-ring (bicyclic) bond motifs is 1. The average molecular weight is 322 g/mol. The Bertz CT molecular complexity index is 687. The van der Waals surface area contributed by atoms with Crippen LogP contribution in [0.3, 0.4) is 0 Å². The van der Waals surface area contributed by atoms with Crippen LogP contribution in [0.4, 0.5) is 0 Å². The van der Waals surface area contributed by atoms with Crippen molar-refractivity contribution in [1.29, 1.82) is 0 Å². The number of benzene rings is 1. The van der Waals surface area contributed by atoms with Crippen LogP contribution in [0.5, 0.6) is 0 Å². The van der Waals surface area contributed by atoms with Crippen LogP contribution in [0.25, 0.3) is 11.0 Å². The summed E-state index contributed by atoms with van der Waals surface area (Å²) in [6.07, 6.45) is 2.03. The number of halogens is 1. The van der Waals surface area contributed by atoms with Crippen LogP contribution >= 0.6 is 11.6 Å². The molecule has 1 saturated heterocycles. The number of nitrogens with zero attached hydrogens (tertiary/aromatic N) is 1. The van der Waals surface area contributed by atoms with Crippen molar-refractivity contribution in [3.63, 3.8) is 0 Å². The molecule has 0 aliphatic carbocycles. The summed E-state index contributed by atoms with van der Waals surface area (Å²) < 4.78 is 11.4. The number of hydrogen-bond acceptors (Lipinski definition) is 3. The molecule has 118 valence electrons. The molecule has 0 bridgehead atoms. The lowest BCUT2D eigenvalue weighted by Gasteiger charge is -2.31. The normalized spacial score (nSPS) is 16.4. The zero-order valence-electron chi connectivity index (χ0n) is 12.9. The van der Waals surface area contributed by atoms with E-state index in [1.807, 2.05) is 30.9 Å². The van der Waals surface area contributed by atoms with Gasteiger partial charge >= 0.3 is 0 Å². The maximum absolute atomic E-state index is 12.7. The van der Waals surface area contributed by atoms with Crippen LogP contribution in [0.2, 0.25) is 5.02 Å². The van der Waals surface area contributed by atoms with E-state index in [9.17, 15) is 4.79 Å². The quantitative estimate of drug-likeness (QED) is 0.857. The molecular weight excluding hydrogens is 302 g/mol. The van der Waals surface area contributed by atoms with Gasteiger partial charge in [-0.3, -0.25) is 4.79 Å². The predicted molar refractivity (Wildman–Crippen MR) is 86.5 cm³/mol. The van der Waals surface area contributed by atoms with E-state index in [4.69, 9.17) is 20.8 Å². The van der Waals surface area contributed by atoms with Gasteiger partial charge in [0.25, 0.3) is 5.91 Å². The highest BCUT2D eigenvalue weighted by Crippen LogP contribution is 2.29. The zero-order valence-corrected chi connectivity index (χ0v) is 13.7. The third kappa shape index (κ3) is 2.85. The van der Waals surface area contributed by atoms with Gasteiger partial charge in [-0.05, 0) is 44.9 Å². The van der Waals surface area contributed by atoms with Gasteiger partial charge < -0.3 is 14.1 Å². The summed E-state index contributed by atoms with van der Waals surface area (Å²) in [5.41, 5.74) is 1.56. The molecule has 2 aromatic rings. The topological polar surface area (TPSA) is 42.7 Å². The number of aryl methyl sites for hydroxylation is 1. The summed E-state index contributed by atoms with van der Waals surface area (Å²) in [7, 11) is 0. The van der Waals surface area contributed by atoms with Crippen molar-refractivity contribution in [1.82, 2.24) is 4.90 Å². The lowest BCUT2D eigenvalue weighted by Crippen LogP contribution is -2.41. The molecular formula is C17H20ClNO3. The Balaban J connectivity index is 1.80. The van der Waals surface area contributed by atoms with Crippen LogP contribution in [-0.4, -0.2) is 36.6 Å². The summed E-state index contributed by atoms with van der Waals surface area (Å²) in [5, 5.41) is 1.55. The van der Waals surface area contributed by atoms with Gasteiger partial charge in [-0.15, -0.1) is 0 Å². The predicted octanol–water partition coefficient (Wildman–Crippen LogP) is 4.04. The second kappa shape index (κ2) is 6.31. The zero-order chi connectivity index (χ0) is 15.7. The molecule has 1 aliphatic heterocycles. The Kier molecular flexibility index (Phi) is 4.41. The van der Waals surface area contributed by atoms with Crippen molar-refractivity contribution in [3.05, 3.63) is 34.5 Å². The van der Waals surface area contributed by atoms with E-state index in [1.54, 1.807) is 6.07 Å². The van der Waals surface area contributed by atoms with Gasteiger partial charge in [0.1, 0.15) is 5.58 Å². The first-order valence-electron chi connectivity index (χ1n) is 7.69. The molecule has 2 heterocycles. The molecule has 0 spiro atoms. The van der Waals surface area contributed by atoms with Crippen molar-refractivity contribution >= 4 is 28.5 Å². The SMILES string of the molecule is CCOC1CCN(C(=O)c2oc3ccc(Cl)cc3c2C)CC1. The molecule has 0 atom stereocenters. The molecule has 4 nitrogen and oxygen atoms in total. The molecule has 5 heteroatoms. The Morgan fingerprint density at radius 3 is 2.82 bits per heavy atom. The van der Waals surface area contributed by atoms with E-state index in [0.717, 1.165) is 30.4 Å². The highest BCUT2D eigenvalue weighted by atomic mass is 35.5. The van der Waals surface area contributed by atoms with Gasteiger partial charge in [0, 0.05) is 35.7 Å². The average Bonchev–Trinajstić information content (AvgIpc) is 2.84. The van der Waals surface area contributed by atoms with E-state index in [2.05, 4.69) is 0 Å². The van der Waals surface area contributed by atoms with Crippen molar-refractivity contribution < 1.29 is 13.9 Å². The van der Waals surface area contributed by atoms with Crippen molar-refractivity contribution in [2.75, 3.05) is 19.7 Å². The van der Waals surface area contributed by atoms with Gasteiger partial charge in [0.05, 0.1) is 6.10 Å². The summed E-state index contributed by atoms with van der Waals surface area (Å²) in [6, 6.07) is 5.42. The molecule has 1 amide bonds. The van der Waals surface area contributed by atoms with E-state index in [1.165, 1.54) is 0 Å².